The quantitative estimate of drug-likeness (QED) is 0.870. The predicted molar refractivity (Wildman–Crippen MR) is 68.2 cm³/mol. The minimum absolute atomic E-state index is 0.361. The fourth-order valence-corrected chi connectivity index (χ4v) is 2.56. The molecule has 0 spiro atoms. The highest BCUT2D eigenvalue weighted by Crippen LogP contribution is 2.22. The van der Waals surface area contributed by atoms with E-state index >= 15 is 0 Å². The average Bonchev–Trinajstić information content (AvgIpc) is 2.15. The van der Waals surface area contributed by atoms with Crippen molar-refractivity contribution in [2.24, 2.45) is 5.73 Å². The maximum absolute atomic E-state index is 10.5. The van der Waals surface area contributed by atoms with Gasteiger partial charge in [0.2, 0.25) is 0 Å². The van der Waals surface area contributed by atoms with Crippen LogP contribution in [0.3, 0.4) is 0 Å². The number of hydrogen-bond acceptors (Lipinski definition) is 3. The van der Waals surface area contributed by atoms with E-state index in [0.29, 0.717) is 21.6 Å². The zero-order valence-electron chi connectivity index (χ0n) is 8.32. The molecule has 0 saturated heterocycles. The van der Waals surface area contributed by atoms with Crippen LogP contribution in [0.25, 0.3) is 0 Å². The highest BCUT2D eigenvalue weighted by molar-refractivity contribution is 7.98. The molecule has 1 rings (SSSR count). The molecule has 16 heavy (non-hydrogen) atoms. The Hall–Kier alpha value is -0.420. The van der Waals surface area contributed by atoms with Crippen LogP contribution in [0.15, 0.2) is 18.2 Å². The summed E-state index contributed by atoms with van der Waals surface area (Å²) in [6, 6.07) is 4.42. The molecule has 3 nitrogen and oxygen atoms in total. The lowest BCUT2D eigenvalue weighted by Crippen LogP contribution is -2.32. The third-order valence-corrected chi connectivity index (χ3v) is 3.37. The second-order valence-electron chi connectivity index (χ2n) is 3.24. The van der Waals surface area contributed by atoms with Crippen molar-refractivity contribution < 1.29 is 9.90 Å². The molecule has 1 aromatic rings. The van der Waals surface area contributed by atoms with E-state index in [1.54, 1.807) is 18.2 Å². The fraction of sp³-hybridized carbons (Fsp3) is 0.300. The van der Waals surface area contributed by atoms with Gasteiger partial charge in [0.05, 0.1) is 0 Å². The fourth-order valence-electron chi connectivity index (χ4n) is 1.07. The van der Waals surface area contributed by atoms with Crippen molar-refractivity contribution in [3.63, 3.8) is 0 Å². The zero-order valence-corrected chi connectivity index (χ0v) is 10.6. The third-order valence-electron chi connectivity index (χ3n) is 1.81. The number of hydrogen-bond donors (Lipinski definition) is 2. The minimum atomic E-state index is -0.989. The average molecular weight is 280 g/mol. The summed E-state index contributed by atoms with van der Waals surface area (Å²) >= 11 is 13.1. The topological polar surface area (TPSA) is 63.3 Å². The van der Waals surface area contributed by atoms with Crippen molar-refractivity contribution in [2.75, 3.05) is 5.75 Å². The van der Waals surface area contributed by atoms with Gasteiger partial charge in [0, 0.05) is 21.6 Å². The van der Waals surface area contributed by atoms with E-state index in [1.807, 2.05) is 0 Å². The molecule has 3 N–H and O–H groups in total. The molecule has 0 bridgehead atoms. The number of benzene rings is 1. The van der Waals surface area contributed by atoms with Crippen LogP contribution in [0.2, 0.25) is 10.0 Å². The summed E-state index contributed by atoms with van der Waals surface area (Å²) < 4.78 is 0. The van der Waals surface area contributed by atoms with Crippen LogP contribution in [0.1, 0.15) is 5.56 Å². The van der Waals surface area contributed by atoms with Gasteiger partial charge in [0.15, 0.2) is 0 Å². The molecule has 0 aliphatic heterocycles. The Morgan fingerprint density at radius 2 is 1.94 bits per heavy atom. The smallest absolute Gasteiger partial charge is 0.321 e. The predicted octanol–water partition coefficient (Wildman–Crippen LogP) is 2.64. The molecular formula is C10H11Cl2NO2S. The Morgan fingerprint density at radius 1 is 1.38 bits per heavy atom. The largest absolute Gasteiger partial charge is 0.480 e. The molecule has 0 aromatic heterocycles. The Morgan fingerprint density at radius 3 is 2.44 bits per heavy atom. The highest BCUT2D eigenvalue weighted by Gasteiger charge is 2.10. The summed E-state index contributed by atoms with van der Waals surface area (Å²) in [5.41, 5.74) is 6.33. The summed E-state index contributed by atoms with van der Waals surface area (Å²) in [7, 11) is 0. The lowest BCUT2D eigenvalue weighted by Gasteiger charge is -2.06. The van der Waals surface area contributed by atoms with Crippen molar-refractivity contribution in [1.29, 1.82) is 0 Å². The summed E-state index contributed by atoms with van der Waals surface area (Å²) in [5, 5.41) is 9.74. The molecule has 1 atom stereocenters. The number of rotatable bonds is 5. The first kappa shape index (κ1) is 13.6. The van der Waals surface area contributed by atoms with Crippen molar-refractivity contribution in [1.82, 2.24) is 0 Å². The first-order valence-corrected chi connectivity index (χ1v) is 6.41. The van der Waals surface area contributed by atoms with Gasteiger partial charge in [-0.1, -0.05) is 23.2 Å². The van der Waals surface area contributed by atoms with E-state index in [4.69, 9.17) is 34.0 Å². The molecule has 88 valence electrons. The van der Waals surface area contributed by atoms with Crippen LogP contribution < -0.4 is 5.73 Å². The van der Waals surface area contributed by atoms with Crippen LogP contribution in [-0.2, 0) is 10.5 Å². The first-order valence-electron chi connectivity index (χ1n) is 4.50. The van der Waals surface area contributed by atoms with Gasteiger partial charge in [-0.25, -0.2) is 0 Å². The first-order chi connectivity index (χ1) is 7.49. The van der Waals surface area contributed by atoms with Crippen LogP contribution in [-0.4, -0.2) is 22.9 Å². The summed E-state index contributed by atoms with van der Waals surface area (Å²) in [5.74, 6) is 0.0115. The normalized spacial score (nSPS) is 12.4. The molecule has 0 amide bonds. The summed E-state index contributed by atoms with van der Waals surface area (Å²) in [4.78, 5) is 10.5. The van der Waals surface area contributed by atoms with Crippen molar-refractivity contribution in [3.05, 3.63) is 33.8 Å². The molecule has 0 aliphatic carbocycles. The number of aliphatic carboxylic acids is 1. The number of halogens is 2. The monoisotopic (exact) mass is 279 g/mol. The van der Waals surface area contributed by atoms with Gasteiger partial charge in [-0.15, -0.1) is 0 Å². The minimum Gasteiger partial charge on any atom is -0.480 e. The van der Waals surface area contributed by atoms with Gasteiger partial charge in [0.1, 0.15) is 6.04 Å². The molecule has 6 heteroatoms. The Balaban J connectivity index is 2.46. The Labute approximate surface area is 108 Å². The van der Waals surface area contributed by atoms with E-state index in [0.717, 1.165) is 5.56 Å². The second kappa shape index (κ2) is 6.35. The standard InChI is InChI=1S/C10H11Cl2NO2S/c11-7-1-6(2-8(12)3-7)4-16-5-9(13)10(14)15/h1-3,9H,4-5,13H2,(H,14,15). The van der Waals surface area contributed by atoms with Crippen LogP contribution in [0.5, 0.6) is 0 Å². The maximum atomic E-state index is 10.5. The van der Waals surface area contributed by atoms with E-state index in [2.05, 4.69) is 0 Å². The van der Waals surface area contributed by atoms with Crippen molar-refractivity contribution in [2.45, 2.75) is 11.8 Å². The maximum Gasteiger partial charge on any atom is 0.321 e. The van der Waals surface area contributed by atoms with Gasteiger partial charge in [0.25, 0.3) is 0 Å². The molecule has 0 fully saturated rings. The van der Waals surface area contributed by atoms with Crippen LogP contribution in [0, 0.1) is 0 Å². The van der Waals surface area contributed by atoms with E-state index in [9.17, 15) is 4.79 Å². The van der Waals surface area contributed by atoms with Gasteiger partial charge in [-0.3, -0.25) is 4.79 Å². The van der Waals surface area contributed by atoms with Crippen LogP contribution in [0.4, 0.5) is 0 Å². The van der Waals surface area contributed by atoms with E-state index in [1.165, 1.54) is 11.8 Å². The molecule has 0 radical (unpaired) electrons. The lowest BCUT2D eigenvalue weighted by atomic mass is 10.2. The summed E-state index contributed by atoms with van der Waals surface area (Å²) in [6.45, 7) is 0. The number of carbonyl (C=O) groups is 1. The van der Waals surface area contributed by atoms with Gasteiger partial charge < -0.3 is 10.8 Å². The van der Waals surface area contributed by atoms with Gasteiger partial charge >= 0.3 is 5.97 Å². The molecule has 1 aromatic carbocycles. The van der Waals surface area contributed by atoms with Gasteiger partial charge in [-0.2, -0.15) is 11.8 Å². The zero-order chi connectivity index (χ0) is 12.1. The van der Waals surface area contributed by atoms with Crippen molar-refractivity contribution in [3.8, 4) is 0 Å². The Kier molecular flexibility index (Phi) is 5.41. The van der Waals surface area contributed by atoms with Gasteiger partial charge in [-0.05, 0) is 23.8 Å². The van der Waals surface area contributed by atoms with Crippen molar-refractivity contribution >= 4 is 40.9 Å². The number of nitrogens with two attached hydrogens (primary N) is 1. The molecular weight excluding hydrogens is 269 g/mol. The highest BCUT2D eigenvalue weighted by atomic mass is 35.5. The molecule has 0 heterocycles. The molecule has 0 aliphatic rings. The van der Waals surface area contributed by atoms with E-state index in [-0.39, 0.29) is 0 Å². The molecule has 1 unspecified atom stereocenters. The Bertz CT molecular complexity index is 367. The second-order valence-corrected chi connectivity index (χ2v) is 5.14. The van der Waals surface area contributed by atoms with Crippen LogP contribution >= 0.6 is 35.0 Å². The number of carboxylic acids is 1. The SMILES string of the molecule is NC(CSCc1cc(Cl)cc(Cl)c1)C(=O)O. The molecule has 0 saturated carbocycles. The number of thioether (sulfide) groups is 1. The van der Waals surface area contributed by atoms with E-state index < -0.39 is 12.0 Å². The third kappa shape index (κ3) is 4.61. The lowest BCUT2D eigenvalue weighted by molar-refractivity contribution is -0.137. The summed E-state index contributed by atoms with van der Waals surface area (Å²) in [6.07, 6.45) is 0. The number of carboxylic acid groups (broad SMARTS) is 1.